The van der Waals surface area contributed by atoms with E-state index < -0.39 is 0 Å². The van der Waals surface area contributed by atoms with Gasteiger partial charge in [0, 0.05) is 0 Å². The molecule has 82 valence electrons. The number of hydrogen-bond donors (Lipinski definition) is 0. The van der Waals surface area contributed by atoms with Gasteiger partial charge < -0.3 is 4.74 Å². The molecule has 0 aromatic carbocycles. The van der Waals surface area contributed by atoms with Crippen LogP contribution in [0.1, 0.15) is 52.4 Å². The molecule has 2 heteroatoms. The second kappa shape index (κ2) is 6.05. The van der Waals surface area contributed by atoms with Crippen LogP contribution in [0.25, 0.3) is 0 Å². The minimum atomic E-state index is 0.0428. The average Bonchev–Trinajstić information content (AvgIpc) is 2.67. The van der Waals surface area contributed by atoms with Crippen LogP contribution in [0.2, 0.25) is 0 Å². The second-order valence-corrected chi connectivity index (χ2v) is 4.19. The molecule has 1 rings (SSSR count). The third-order valence-electron chi connectivity index (χ3n) is 3.16. The van der Waals surface area contributed by atoms with Gasteiger partial charge in [0.1, 0.15) is 0 Å². The Morgan fingerprint density at radius 1 is 1.36 bits per heavy atom. The fourth-order valence-corrected chi connectivity index (χ4v) is 2.47. The van der Waals surface area contributed by atoms with Crippen LogP contribution >= 0.6 is 0 Å². The van der Waals surface area contributed by atoms with Gasteiger partial charge in [-0.25, -0.2) is 0 Å². The lowest BCUT2D eigenvalue weighted by Crippen LogP contribution is -2.24. The van der Waals surface area contributed by atoms with Crippen molar-refractivity contribution in [1.82, 2.24) is 0 Å². The van der Waals surface area contributed by atoms with Gasteiger partial charge in [0.2, 0.25) is 0 Å². The van der Waals surface area contributed by atoms with E-state index in [4.69, 9.17) is 4.74 Å². The lowest BCUT2D eigenvalue weighted by Gasteiger charge is -2.20. The quantitative estimate of drug-likeness (QED) is 0.634. The van der Waals surface area contributed by atoms with E-state index >= 15 is 0 Å². The van der Waals surface area contributed by atoms with Crippen molar-refractivity contribution < 1.29 is 9.53 Å². The largest absolute Gasteiger partial charge is 0.466 e. The maximum atomic E-state index is 11.7. The van der Waals surface area contributed by atoms with Crippen LogP contribution in [0.5, 0.6) is 0 Å². The van der Waals surface area contributed by atoms with Gasteiger partial charge in [0.05, 0.1) is 12.5 Å². The summed E-state index contributed by atoms with van der Waals surface area (Å²) in [5, 5.41) is 0. The molecule has 0 saturated heterocycles. The van der Waals surface area contributed by atoms with Gasteiger partial charge in [-0.2, -0.15) is 0 Å². The highest BCUT2D eigenvalue weighted by molar-refractivity contribution is 5.72. The number of ether oxygens (including phenoxy) is 1. The summed E-state index contributed by atoms with van der Waals surface area (Å²) in [4.78, 5) is 11.7. The summed E-state index contributed by atoms with van der Waals surface area (Å²) in [7, 11) is 0. The minimum absolute atomic E-state index is 0.0428. The average molecular weight is 198 g/mol. The van der Waals surface area contributed by atoms with E-state index in [-0.39, 0.29) is 11.9 Å². The van der Waals surface area contributed by atoms with E-state index in [2.05, 4.69) is 6.92 Å². The topological polar surface area (TPSA) is 26.3 Å². The van der Waals surface area contributed by atoms with Crippen LogP contribution < -0.4 is 0 Å². The second-order valence-electron chi connectivity index (χ2n) is 4.19. The highest BCUT2D eigenvalue weighted by Crippen LogP contribution is 2.34. The van der Waals surface area contributed by atoms with Crippen LogP contribution in [0.3, 0.4) is 0 Å². The van der Waals surface area contributed by atoms with Gasteiger partial charge in [0.25, 0.3) is 0 Å². The van der Waals surface area contributed by atoms with E-state index in [1.165, 1.54) is 25.7 Å². The first-order valence-electron chi connectivity index (χ1n) is 5.96. The molecule has 14 heavy (non-hydrogen) atoms. The Hall–Kier alpha value is -0.530. The number of hydrogen-bond acceptors (Lipinski definition) is 2. The van der Waals surface area contributed by atoms with Crippen LogP contribution in [0, 0.1) is 11.8 Å². The Morgan fingerprint density at radius 3 is 2.50 bits per heavy atom. The molecule has 1 aliphatic carbocycles. The molecule has 0 heterocycles. The standard InChI is InChI=1S/C12H22O2/c1-3-7-11(12(13)14-4-2)10-8-5-6-9-10/h10-11H,3-9H2,1-2H3. The first kappa shape index (κ1) is 11.5. The van der Waals surface area contributed by atoms with E-state index in [0.717, 1.165) is 12.8 Å². The Labute approximate surface area is 87.0 Å². The van der Waals surface area contributed by atoms with Crippen LogP contribution in [-0.2, 0) is 9.53 Å². The number of esters is 1. The molecular weight excluding hydrogens is 176 g/mol. The van der Waals surface area contributed by atoms with Gasteiger partial charge >= 0.3 is 5.97 Å². The van der Waals surface area contributed by atoms with Gasteiger partial charge in [0.15, 0.2) is 0 Å². The summed E-state index contributed by atoms with van der Waals surface area (Å²) < 4.78 is 5.13. The van der Waals surface area contributed by atoms with Gasteiger partial charge in [-0.1, -0.05) is 26.2 Å². The van der Waals surface area contributed by atoms with Crippen LogP contribution in [0.4, 0.5) is 0 Å². The molecule has 0 aromatic rings. The monoisotopic (exact) mass is 198 g/mol. The predicted octanol–water partition coefficient (Wildman–Crippen LogP) is 3.16. The molecule has 1 saturated carbocycles. The van der Waals surface area contributed by atoms with E-state index in [1.807, 2.05) is 6.92 Å². The van der Waals surface area contributed by atoms with Crippen molar-refractivity contribution in [1.29, 1.82) is 0 Å². The molecule has 0 radical (unpaired) electrons. The summed E-state index contributed by atoms with van der Waals surface area (Å²) in [6.45, 7) is 4.54. The molecule has 0 aromatic heterocycles. The lowest BCUT2D eigenvalue weighted by molar-refractivity contribution is -0.150. The fraction of sp³-hybridized carbons (Fsp3) is 0.917. The summed E-state index contributed by atoms with van der Waals surface area (Å²) in [5.41, 5.74) is 0. The summed E-state index contributed by atoms with van der Waals surface area (Å²) >= 11 is 0. The first-order valence-corrected chi connectivity index (χ1v) is 5.96. The summed E-state index contributed by atoms with van der Waals surface area (Å²) in [6, 6.07) is 0. The van der Waals surface area contributed by atoms with Crippen molar-refractivity contribution in [2.75, 3.05) is 6.61 Å². The number of rotatable bonds is 5. The molecular formula is C12H22O2. The van der Waals surface area contributed by atoms with Crippen LogP contribution in [-0.4, -0.2) is 12.6 Å². The van der Waals surface area contributed by atoms with Crippen molar-refractivity contribution in [3.05, 3.63) is 0 Å². The van der Waals surface area contributed by atoms with E-state index in [9.17, 15) is 4.79 Å². The van der Waals surface area contributed by atoms with Crippen molar-refractivity contribution in [2.45, 2.75) is 52.4 Å². The molecule has 1 atom stereocenters. The SMILES string of the molecule is CCCC(C(=O)OCC)C1CCCC1. The number of carbonyl (C=O) groups excluding carboxylic acids is 1. The third-order valence-corrected chi connectivity index (χ3v) is 3.16. The van der Waals surface area contributed by atoms with Crippen molar-refractivity contribution in [3.8, 4) is 0 Å². The van der Waals surface area contributed by atoms with Crippen molar-refractivity contribution in [2.24, 2.45) is 11.8 Å². The zero-order valence-corrected chi connectivity index (χ0v) is 9.42. The fourth-order valence-electron chi connectivity index (χ4n) is 2.47. The van der Waals surface area contributed by atoms with E-state index in [0.29, 0.717) is 12.5 Å². The molecule has 1 aliphatic rings. The smallest absolute Gasteiger partial charge is 0.309 e. The molecule has 1 unspecified atom stereocenters. The Balaban J connectivity index is 2.48. The molecule has 0 N–H and O–H groups in total. The molecule has 0 aliphatic heterocycles. The summed E-state index contributed by atoms with van der Waals surface area (Å²) in [6.07, 6.45) is 7.13. The maximum Gasteiger partial charge on any atom is 0.309 e. The zero-order valence-electron chi connectivity index (χ0n) is 9.42. The Kier molecular flexibility index (Phi) is 4.99. The summed E-state index contributed by atoms with van der Waals surface area (Å²) in [5.74, 6) is 0.831. The third kappa shape index (κ3) is 3.00. The van der Waals surface area contributed by atoms with Gasteiger partial charge in [-0.05, 0) is 32.1 Å². The maximum absolute atomic E-state index is 11.7. The molecule has 0 spiro atoms. The minimum Gasteiger partial charge on any atom is -0.466 e. The molecule has 1 fully saturated rings. The lowest BCUT2D eigenvalue weighted by atomic mass is 9.87. The Bertz CT molecular complexity index is 171. The Morgan fingerprint density at radius 2 is 2.00 bits per heavy atom. The van der Waals surface area contributed by atoms with E-state index in [1.54, 1.807) is 0 Å². The molecule has 0 bridgehead atoms. The van der Waals surface area contributed by atoms with Crippen molar-refractivity contribution >= 4 is 5.97 Å². The van der Waals surface area contributed by atoms with Gasteiger partial charge in [-0.15, -0.1) is 0 Å². The van der Waals surface area contributed by atoms with Gasteiger partial charge in [-0.3, -0.25) is 4.79 Å². The first-order chi connectivity index (χ1) is 6.79. The van der Waals surface area contributed by atoms with Crippen LogP contribution in [0.15, 0.2) is 0 Å². The predicted molar refractivity (Wildman–Crippen MR) is 57.0 cm³/mol. The van der Waals surface area contributed by atoms with Crippen molar-refractivity contribution in [3.63, 3.8) is 0 Å². The zero-order chi connectivity index (χ0) is 10.4. The normalized spacial score (nSPS) is 19.6. The highest BCUT2D eigenvalue weighted by atomic mass is 16.5. The molecule has 2 nitrogen and oxygen atoms in total. The highest BCUT2D eigenvalue weighted by Gasteiger charge is 2.30. The molecule has 0 amide bonds. The number of carbonyl (C=O) groups is 1.